The number of amides is 1. The first-order chi connectivity index (χ1) is 9.76. The maximum Gasteiger partial charge on any atom is 0.254 e. The number of hydrogen-bond donors (Lipinski definition) is 0. The summed E-state index contributed by atoms with van der Waals surface area (Å²) in [5.74, 6) is 0.510. The van der Waals surface area contributed by atoms with E-state index in [9.17, 15) is 13.2 Å². The molecule has 4 nitrogen and oxygen atoms in total. The summed E-state index contributed by atoms with van der Waals surface area (Å²) in [5.41, 5.74) is 1.36. The zero-order valence-corrected chi connectivity index (χ0v) is 13.7. The van der Waals surface area contributed by atoms with Gasteiger partial charge in [0.2, 0.25) is 0 Å². The SMILES string of the molecule is CC(C)CN(C(=O)c1ccc(CS(C)(=O)=O)cc1)C1CC1. The third-order valence-electron chi connectivity index (χ3n) is 3.44. The number of carbonyl (C=O) groups excluding carboxylic acids is 1. The van der Waals surface area contributed by atoms with Crippen molar-refractivity contribution in [3.8, 4) is 0 Å². The first-order valence-corrected chi connectivity index (χ1v) is 9.40. The predicted octanol–water partition coefficient (Wildman–Crippen LogP) is 2.49. The van der Waals surface area contributed by atoms with Crippen molar-refractivity contribution in [1.29, 1.82) is 0 Å². The second kappa shape index (κ2) is 6.18. The van der Waals surface area contributed by atoms with Crippen LogP contribution >= 0.6 is 0 Å². The molecular formula is C16H23NO3S. The van der Waals surface area contributed by atoms with Crippen LogP contribution < -0.4 is 0 Å². The topological polar surface area (TPSA) is 54.5 Å². The van der Waals surface area contributed by atoms with E-state index in [1.807, 2.05) is 4.90 Å². The standard InChI is InChI=1S/C16H23NO3S/c1-12(2)10-17(15-8-9-15)16(18)14-6-4-13(5-7-14)11-21(3,19)20/h4-7,12,15H,8-11H2,1-3H3. The molecule has 116 valence electrons. The van der Waals surface area contributed by atoms with Gasteiger partial charge in [0.15, 0.2) is 9.84 Å². The van der Waals surface area contributed by atoms with Crippen molar-refractivity contribution in [2.75, 3.05) is 12.8 Å². The Balaban J connectivity index is 2.11. The van der Waals surface area contributed by atoms with Crippen molar-refractivity contribution < 1.29 is 13.2 Å². The van der Waals surface area contributed by atoms with Crippen LogP contribution in [0.4, 0.5) is 0 Å². The molecule has 0 radical (unpaired) electrons. The highest BCUT2D eigenvalue weighted by Gasteiger charge is 2.33. The Hall–Kier alpha value is -1.36. The molecule has 2 rings (SSSR count). The molecule has 0 N–H and O–H groups in total. The van der Waals surface area contributed by atoms with E-state index in [1.54, 1.807) is 24.3 Å². The molecule has 5 heteroatoms. The minimum Gasteiger partial charge on any atom is -0.335 e. The molecule has 0 aromatic heterocycles. The van der Waals surface area contributed by atoms with E-state index in [4.69, 9.17) is 0 Å². The lowest BCUT2D eigenvalue weighted by molar-refractivity contribution is 0.0722. The molecule has 1 aromatic rings. The normalized spacial score (nSPS) is 15.2. The predicted molar refractivity (Wildman–Crippen MR) is 83.9 cm³/mol. The van der Waals surface area contributed by atoms with Gasteiger partial charge in [-0.1, -0.05) is 26.0 Å². The number of carbonyl (C=O) groups is 1. The lowest BCUT2D eigenvalue weighted by Crippen LogP contribution is -2.36. The maximum absolute atomic E-state index is 12.6. The number of benzene rings is 1. The lowest BCUT2D eigenvalue weighted by Gasteiger charge is -2.24. The summed E-state index contributed by atoms with van der Waals surface area (Å²) in [7, 11) is -3.04. The smallest absolute Gasteiger partial charge is 0.254 e. The van der Waals surface area contributed by atoms with Crippen LogP contribution in [-0.4, -0.2) is 38.1 Å². The van der Waals surface area contributed by atoms with Gasteiger partial charge < -0.3 is 4.90 Å². The fraction of sp³-hybridized carbons (Fsp3) is 0.562. The number of hydrogen-bond acceptors (Lipinski definition) is 3. The first-order valence-electron chi connectivity index (χ1n) is 7.34. The molecule has 1 aliphatic carbocycles. The summed E-state index contributed by atoms with van der Waals surface area (Å²) in [4.78, 5) is 14.5. The van der Waals surface area contributed by atoms with Crippen LogP contribution in [0.1, 0.15) is 42.6 Å². The average Bonchev–Trinajstić information content (AvgIpc) is 3.18. The Morgan fingerprint density at radius 2 is 1.81 bits per heavy atom. The van der Waals surface area contributed by atoms with Crippen LogP contribution in [-0.2, 0) is 15.6 Å². The van der Waals surface area contributed by atoms with Crippen LogP contribution in [0.15, 0.2) is 24.3 Å². The highest BCUT2D eigenvalue weighted by Crippen LogP contribution is 2.29. The molecule has 1 fully saturated rings. The van der Waals surface area contributed by atoms with Crippen molar-refractivity contribution in [3.63, 3.8) is 0 Å². The molecule has 0 heterocycles. The third-order valence-corrected chi connectivity index (χ3v) is 4.30. The van der Waals surface area contributed by atoms with Crippen LogP contribution in [0.25, 0.3) is 0 Å². The molecule has 1 amide bonds. The maximum atomic E-state index is 12.6. The summed E-state index contributed by atoms with van der Waals surface area (Å²) in [6, 6.07) is 7.32. The van der Waals surface area contributed by atoms with Crippen LogP contribution in [0.5, 0.6) is 0 Å². The molecular weight excluding hydrogens is 286 g/mol. The van der Waals surface area contributed by atoms with Gasteiger partial charge in [0.05, 0.1) is 5.75 Å². The number of rotatable bonds is 6. The van der Waals surface area contributed by atoms with E-state index < -0.39 is 9.84 Å². The van der Waals surface area contributed by atoms with Gasteiger partial charge >= 0.3 is 0 Å². The van der Waals surface area contributed by atoms with Gasteiger partial charge in [0.25, 0.3) is 5.91 Å². The van der Waals surface area contributed by atoms with E-state index in [0.717, 1.165) is 24.9 Å². The largest absolute Gasteiger partial charge is 0.335 e. The summed E-state index contributed by atoms with van der Waals surface area (Å²) in [5, 5.41) is 0. The molecule has 1 aromatic carbocycles. The van der Waals surface area contributed by atoms with Crippen LogP contribution in [0.2, 0.25) is 0 Å². The summed E-state index contributed by atoms with van der Waals surface area (Å²) >= 11 is 0. The highest BCUT2D eigenvalue weighted by molar-refractivity contribution is 7.89. The Kier molecular flexibility index (Phi) is 4.71. The molecule has 0 bridgehead atoms. The van der Waals surface area contributed by atoms with E-state index in [-0.39, 0.29) is 11.7 Å². The molecule has 0 saturated heterocycles. The lowest BCUT2D eigenvalue weighted by atomic mass is 10.1. The van der Waals surface area contributed by atoms with Crippen molar-refractivity contribution in [2.45, 2.75) is 38.5 Å². The van der Waals surface area contributed by atoms with Crippen LogP contribution in [0, 0.1) is 5.92 Å². The Morgan fingerprint density at radius 3 is 2.24 bits per heavy atom. The monoisotopic (exact) mass is 309 g/mol. The molecule has 0 aliphatic heterocycles. The van der Waals surface area contributed by atoms with Crippen molar-refractivity contribution in [3.05, 3.63) is 35.4 Å². The molecule has 1 aliphatic rings. The highest BCUT2D eigenvalue weighted by atomic mass is 32.2. The van der Waals surface area contributed by atoms with Gasteiger partial charge in [-0.2, -0.15) is 0 Å². The molecule has 0 spiro atoms. The second-order valence-electron chi connectivity index (χ2n) is 6.35. The molecule has 21 heavy (non-hydrogen) atoms. The summed E-state index contributed by atoms with van der Waals surface area (Å²) in [6.45, 7) is 4.99. The quantitative estimate of drug-likeness (QED) is 0.811. The minimum absolute atomic E-state index is 0.0137. The van der Waals surface area contributed by atoms with Crippen LogP contribution in [0.3, 0.4) is 0 Å². The number of nitrogens with zero attached hydrogens (tertiary/aromatic N) is 1. The Morgan fingerprint density at radius 1 is 1.24 bits per heavy atom. The van der Waals surface area contributed by atoms with Gasteiger partial charge in [0, 0.05) is 24.4 Å². The van der Waals surface area contributed by atoms with Gasteiger partial charge in [-0.15, -0.1) is 0 Å². The van der Waals surface area contributed by atoms with E-state index in [1.165, 1.54) is 6.26 Å². The second-order valence-corrected chi connectivity index (χ2v) is 8.49. The third kappa shape index (κ3) is 4.84. The van der Waals surface area contributed by atoms with Crippen molar-refractivity contribution in [1.82, 2.24) is 4.90 Å². The Labute approximate surface area is 127 Å². The van der Waals surface area contributed by atoms with E-state index >= 15 is 0 Å². The summed E-state index contributed by atoms with van der Waals surface area (Å²) in [6.07, 6.45) is 3.39. The molecule has 1 saturated carbocycles. The van der Waals surface area contributed by atoms with Crippen molar-refractivity contribution in [2.24, 2.45) is 5.92 Å². The summed E-state index contributed by atoms with van der Waals surface area (Å²) < 4.78 is 22.5. The zero-order valence-electron chi connectivity index (χ0n) is 12.9. The molecule has 0 atom stereocenters. The van der Waals surface area contributed by atoms with E-state index in [0.29, 0.717) is 17.5 Å². The van der Waals surface area contributed by atoms with Crippen molar-refractivity contribution >= 4 is 15.7 Å². The van der Waals surface area contributed by atoms with Gasteiger partial charge in [-0.3, -0.25) is 4.79 Å². The Bertz CT molecular complexity index is 601. The fourth-order valence-electron chi connectivity index (χ4n) is 2.39. The fourth-order valence-corrected chi connectivity index (χ4v) is 3.19. The minimum atomic E-state index is -3.04. The van der Waals surface area contributed by atoms with E-state index in [2.05, 4.69) is 13.8 Å². The van der Waals surface area contributed by atoms with Gasteiger partial charge in [0.1, 0.15) is 0 Å². The average molecular weight is 309 g/mol. The molecule has 0 unspecified atom stereocenters. The van der Waals surface area contributed by atoms with Gasteiger partial charge in [-0.25, -0.2) is 8.42 Å². The van der Waals surface area contributed by atoms with Gasteiger partial charge in [-0.05, 0) is 36.5 Å². The first kappa shape index (κ1) is 16.0. The number of sulfone groups is 1. The zero-order chi connectivity index (χ0) is 15.6.